The minimum Gasteiger partial charge on any atom is -0.276 e. The first-order valence-corrected chi connectivity index (χ1v) is 7.98. The zero-order valence-corrected chi connectivity index (χ0v) is 14.2. The number of imidazole rings is 1. The van der Waals surface area contributed by atoms with Gasteiger partial charge in [-0.2, -0.15) is 5.26 Å². The molecule has 0 radical (unpaired) electrons. The van der Waals surface area contributed by atoms with Gasteiger partial charge >= 0.3 is 0 Å². The Morgan fingerprint density at radius 1 is 1.13 bits per heavy atom. The van der Waals surface area contributed by atoms with Gasteiger partial charge in [0, 0.05) is 10.7 Å². The van der Waals surface area contributed by atoms with Gasteiger partial charge in [-0.15, -0.1) is 0 Å². The molecule has 0 aliphatic heterocycles. The molecular weight excluding hydrogens is 352 g/mol. The molecule has 0 saturated heterocycles. The van der Waals surface area contributed by atoms with Gasteiger partial charge in [-0.25, -0.2) is 9.66 Å². The number of anilines is 1. The third kappa shape index (κ3) is 3.61. The molecule has 0 bridgehead atoms. The van der Waals surface area contributed by atoms with Crippen molar-refractivity contribution >= 4 is 21.6 Å². The van der Waals surface area contributed by atoms with Crippen LogP contribution < -0.4 is 5.01 Å². The van der Waals surface area contributed by atoms with E-state index in [4.69, 9.17) is 5.26 Å². The van der Waals surface area contributed by atoms with Gasteiger partial charge in [-0.3, -0.25) is 5.01 Å². The van der Waals surface area contributed by atoms with Crippen LogP contribution in [0.15, 0.2) is 65.5 Å². The van der Waals surface area contributed by atoms with Crippen LogP contribution in [-0.4, -0.2) is 9.66 Å². The number of benzene rings is 2. The number of hydrogen-bond acceptors (Lipinski definition) is 3. The summed E-state index contributed by atoms with van der Waals surface area (Å²) in [6.45, 7) is 2.67. The van der Waals surface area contributed by atoms with Crippen molar-refractivity contribution in [1.29, 1.82) is 5.26 Å². The minimum atomic E-state index is 0.652. The topological polar surface area (TPSA) is 44.9 Å². The van der Waals surface area contributed by atoms with Crippen LogP contribution in [0.3, 0.4) is 0 Å². The summed E-state index contributed by atoms with van der Waals surface area (Å²) in [7, 11) is 0. The van der Waals surface area contributed by atoms with Gasteiger partial charge in [-0.05, 0) is 48.9 Å². The summed E-state index contributed by atoms with van der Waals surface area (Å²) in [5.41, 5.74) is 3.80. The summed E-state index contributed by atoms with van der Waals surface area (Å²) in [4.78, 5) is 4.31. The molecule has 0 aliphatic rings. The van der Waals surface area contributed by atoms with E-state index in [9.17, 15) is 0 Å². The van der Waals surface area contributed by atoms with E-state index in [0.717, 1.165) is 15.9 Å². The average molecular weight is 367 g/mol. The Labute approximate surface area is 143 Å². The molecule has 0 unspecified atom stereocenters. The summed E-state index contributed by atoms with van der Waals surface area (Å²) < 4.78 is 3.03. The Morgan fingerprint density at radius 2 is 1.83 bits per heavy atom. The minimum absolute atomic E-state index is 0.652. The summed E-state index contributed by atoms with van der Waals surface area (Å²) in [5.74, 6) is 0. The summed E-state index contributed by atoms with van der Waals surface area (Å²) in [6, 6.07) is 17.9. The van der Waals surface area contributed by atoms with Crippen LogP contribution >= 0.6 is 15.9 Å². The molecule has 1 aromatic heterocycles. The predicted octanol–water partition coefficient (Wildman–Crippen LogP) is 4.30. The van der Waals surface area contributed by atoms with E-state index in [1.165, 1.54) is 5.56 Å². The van der Waals surface area contributed by atoms with Gasteiger partial charge in [-0.1, -0.05) is 28.1 Å². The van der Waals surface area contributed by atoms with Crippen LogP contribution in [0.5, 0.6) is 0 Å². The van der Waals surface area contributed by atoms with Crippen molar-refractivity contribution < 1.29 is 0 Å². The predicted molar refractivity (Wildman–Crippen MR) is 93.8 cm³/mol. The van der Waals surface area contributed by atoms with Gasteiger partial charge in [0.25, 0.3) is 0 Å². The molecule has 0 N–H and O–H groups in total. The highest BCUT2D eigenvalue weighted by atomic mass is 79.9. The normalized spacial score (nSPS) is 10.3. The van der Waals surface area contributed by atoms with E-state index in [-0.39, 0.29) is 0 Å². The summed E-state index contributed by atoms with van der Waals surface area (Å²) in [5, 5.41) is 11.1. The number of halogens is 1. The highest BCUT2D eigenvalue weighted by molar-refractivity contribution is 9.10. The second-order valence-corrected chi connectivity index (χ2v) is 6.15. The molecule has 0 aliphatic carbocycles. The maximum Gasteiger partial charge on any atom is 0.115 e. The highest BCUT2D eigenvalue weighted by Gasteiger charge is 2.10. The number of rotatable bonds is 4. The lowest BCUT2D eigenvalue weighted by Gasteiger charge is -2.25. The highest BCUT2D eigenvalue weighted by Crippen LogP contribution is 2.20. The summed E-state index contributed by atoms with van der Waals surface area (Å²) in [6.07, 6.45) is 3.78. The zero-order valence-electron chi connectivity index (χ0n) is 12.6. The maximum absolute atomic E-state index is 8.97. The molecule has 1 heterocycles. The SMILES string of the molecule is Cc1cn(N(Cc2ccc(Br)cc2)c2ccc(C#N)cc2)cn1. The molecule has 114 valence electrons. The van der Waals surface area contributed by atoms with E-state index < -0.39 is 0 Å². The van der Waals surface area contributed by atoms with Crippen LogP contribution in [0.4, 0.5) is 5.69 Å². The van der Waals surface area contributed by atoms with Crippen LogP contribution in [0.1, 0.15) is 16.8 Å². The standard InChI is InChI=1S/C18H15BrN4/c1-14-11-22(13-21-14)23(12-16-2-6-17(19)7-3-16)18-8-4-15(10-20)5-9-18/h2-9,11,13H,12H2,1H3. The van der Waals surface area contributed by atoms with Gasteiger partial charge in [0.1, 0.15) is 6.33 Å². The van der Waals surface area contributed by atoms with E-state index in [0.29, 0.717) is 12.1 Å². The van der Waals surface area contributed by atoms with Gasteiger partial charge in [0.05, 0.1) is 29.6 Å². The van der Waals surface area contributed by atoms with Crippen LogP contribution in [0.2, 0.25) is 0 Å². The first kappa shape index (κ1) is 15.3. The monoisotopic (exact) mass is 366 g/mol. The molecule has 0 atom stereocenters. The Balaban J connectivity index is 1.96. The molecule has 3 aromatic rings. The molecule has 0 fully saturated rings. The van der Waals surface area contributed by atoms with Gasteiger partial charge in [0.2, 0.25) is 0 Å². The smallest absolute Gasteiger partial charge is 0.115 e. The van der Waals surface area contributed by atoms with E-state index in [1.54, 1.807) is 6.33 Å². The van der Waals surface area contributed by atoms with Crippen molar-refractivity contribution in [2.45, 2.75) is 13.5 Å². The molecule has 0 spiro atoms. The Hall–Kier alpha value is -2.58. The van der Waals surface area contributed by atoms with E-state index in [1.807, 2.05) is 54.2 Å². The first-order valence-electron chi connectivity index (χ1n) is 7.19. The Morgan fingerprint density at radius 3 is 2.39 bits per heavy atom. The molecule has 3 rings (SSSR count). The van der Waals surface area contributed by atoms with Gasteiger partial charge in [0.15, 0.2) is 0 Å². The quantitative estimate of drug-likeness (QED) is 0.691. The second-order valence-electron chi connectivity index (χ2n) is 5.24. The van der Waals surface area contributed by atoms with Crippen molar-refractivity contribution in [3.8, 4) is 6.07 Å². The molecular formula is C18H15BrN4. The molecule has 4 nitrogen and oxygen atoms in total. The fourth-order valence-corrected chi connectivity index (χ4v) is 2.58. The van der Waals surface area contributed by atoms with E-state index in [2.05, 4.69) is 44.1 Å². The van der Waals surface area contributed by atoms with Crippen molar-refractivity contribution in [2.75, 3.05) is 5.01 Å². The molecule has 23 heavy (non-hydrogen) atoms. The zero-order chi connectivity index (χ0) is 16.2. The average Bonchev–Trinajstić information content (AvgIpc) is 3.01. The van der Waals surface area contributed by atoms with Crippen molar-refractivity contribution in [3.63, 3.8) is 0 Å². The largest absolute Gasteiger partial charge is 0.276 e. The second kappa shape index (κ2) is 6.67. The lowest BCUT2D eigenvalue weighted by molar-refractivity contribution is 0.687. The number of nitrogens with zero attached hydrogens (tertiary/aromatic N) is 4. The molecule has 5 heteroatoms. The van der Waals surface area contributed by atoms with Crippen LogP contribution in [0.25, 0.3) is 0 Å². The fourth-order valence-electron chi connectivity index (χ4n) is 2.32. The Bertz CT molecular complexity index is 829. The van der Waals surface area contributed by atoms with Crippen molar-refractivity contribution in [3.05, 3.63) is 82.3 Å². The number of hydrogen-bond donors (Lipinski definition) is 0. The lowest BCUT2D eigenvalue weighted by Crippen LogP contribution is -2.27. The van der Waals surface area contributed by atoms with Crippen molar-refractivity contribution in [1.82, 2.24) is 9.66 Å². The number of aryl methyl sites for hydroxylation is 1. The molecule has 0 saturated carbocycles. The Kier molecular flexibility index (Phi) is 4.45. The van der Waals surface area contributed by atoms with Gasteiger partial charge < -0.3 is 0 Å². The summed E-state index contributed by atoms with van der Waals surface area (Å²) >= 11 is 3.46. The van der Waals surface area contributed by atoms with Crippen molar-refractivity contribution in [2.24, 2.45) is 0 Å². The van der Waals surface area contributed by atoms with E-state index >= 15 is 0 Å². The molecule has 2 aromatic carbocycles. The fraction of sp³-hybridized carbons (Fsp3) is 0.111. The molecule has 0 amide bonds. The van der Waals surface area contributed by atoms with Crippen LogP contribution in [-0.2, 0) is 6.54 Å². The number of nitriles is 1. The maximum atomic E-state index is 8.97. The van der Waals surface area contributed by atoms with Crippen LogP contribution in [0, 0.1) is 18.3 Å². The third-order valence-corrected chi connectivity index (χ3v) is 4.05. The lowest BCUT2D eigenvalue weighted by atomic mass is 10.2. The third-order valence-electron chi connectivity index (χ3n) is 3.52. The first-order chi connectivity index (χ1) is 11.2. The number of aromatic nitrogens is 2.